The smallest absolute Gasteiger partial charge is 0.354 e. The zero-order valence-electron chi connectivity index (χ0n) is 6.95. The summed E-state index contributed by atoms with van der Waals surface area (Å²) in [5.74, 6) is -2.76. The zero-order chi connectivity index (χ0) is 9.56. The molecule has 1 atom stereocenters. The second kappa shape index (κ2) is 5.54. The van der Waals surface area contributed by atoms with E-state index in [1.165, 1.54) is 0 Å². The summed E-state index contributed by atoms with van der Waals surface area (Å²) in [7, 11) is 0. The molecule has 5 nitrogen and oxygen atoms in total. The second-order valence-corrected chi connectivity index (χ2v) is 2.51. The number of carbonyl (C=O) groups is 2. The van der Waals surface area contributed by atoms with E-state index in [0.717, 1.165) is 6.42 Å². The number of rotatable bonds is 5. The van der Waals surface area contributed by atoms with E-state index in [-0.39, 0.29) is 0 Å². The van der Waals surface area contributed by atoms with Gasteiger partial charge in [0.05, 0.1) is 0 Å². The van der Waals surface area contributed by atoms with Crippen LogP contribution in [0.3, 0.4) is 0 Å². The monoisotopic (exact) mass is 175 g/mol. The molecule has 0 bridgehead atoms. The van der Waals surface area contributed by atoms with E-state index in [0.29, 0.717) is 12.8 Å². The fourth-order valence-electron chi connectivity index (χ4n) is 0.848. The molecule has 0 aliphatic heterocycles. The first-order chi connectivity index (χ1) is 5.63. The van der Waals surface area contributed by atoms with Crippen molar-refractivity contribution in [2.75, 3.05) is 0 Å². The average Bonchev–Trinajstić information content (AvgIpc) is 2.04. The van der Waals surface area contributed by atoms with Crippen LogP contribution < -0.4 is 5.73 Å². The lowest BCUT2D eigenvalue weighted by atomic mass is 10.0. The van der Waals surface area contributed by atoms with Gasteiger partial charge in [-0.05, 0) is 6.42 Å². The molecular formula is C7H13NO4. The third-order valence-corrected chi connectivity index (χ3v) is 1.56. The van der Waals surface area contributed by atoms with E-state index in [4.69, 9.17) is 11.0 Å². The Bertz CT molecular complexity index is 169. The number of primary amides is 1. The standard InChI is InChI=1S/C7H13NO4/c1-2-3-4-5(6(8)9)7(10)12-11/h5,11H,2-4H2,1H3,(H2,8,9). The minimum atomic E-state index is -1.02. The highest BCUT2D eigenvalue weighted by Gasteiger charge is 2.25. The molecule has 0 radical (unpaired) electrons. The van der Waals surface area contributed by atoms with Crippen molar-refractivity contribution in [2.45, 2.75) is 26.2 Å². The summed E-state index contributed by atoms with van der Waals surface area (Å²) in [5.41, 5.74) is 4.90. The van der Waals surface area contributed by atoms with Crippen LogP contribution >= 0.6 is 0 Å². The van der Waals surface area contributed by atoms with Gasteiger partial charge in [0.2, 0.25) is 5.91 Å². The molecule has 0 heterocycles. The van der Waals surface area contributed by atoms with E-state index in [9.17, 15) is 9.59 Å². The molecule has 0 spiro atoms. The van der Waals surface area contributed by atoms with Crippen molar-refractivity contribution >= 4 is 11.9 Å². The predicted molar refractivity (Wildman–Crippen MR) is 40.9 cm³/mol. The van der Waals surface area contributed by atoms with Gasteiger partial charge in [-0.25, -0.2) is 4.79 Å². The number of carbonyl (C=O) groups excluding carboxylic acids is 2. The molecule has 5 heteroatoms. The van der Waals surface area contributed by atoms with Crippen LogP contribution in [0, 0.1) is 5.92 Å². The number of hydrogen-bond donors (Lipinski definition) is 2. The second-order valence-electron chi connectivity index (χ2n) is 2.51. The maximum atomic E-state index is 10.7. The average molecular weight is 175 g/mol. The topological polar surface area (TPSA) is 89.6 Å². The summed E-state index contributed by atoms with van der Waals surface area (Å²) < 4.78 is 0. The Hall–Kier alpha value is -1.10. The highest BCUT2D eigenvalue weighted by atomic mass is 17.1. The predicted octanol–water partition coefficient (Wildman–Crippen LogP) is 0.294. The van der Waals surface area contributed by atoms with Gasteiger partial charge in [-0.15, -0.1) is 0 Å². The highest BCUT2D eigenvalue weighted by molar-refractivity contribution is 5.96. The maximum absolute atomic E-state index is 10.7. The molecule has 12 heavy (non-hydrogen) atoms. The van der Waals surface area contributed by atoms with Gasteiger partial charge in [-0.2, -0.15) is 5.26 Å². The molecule has 3 N–H and O–H groups in total. The van der Waals surface area contributed by atoms with E-state index < -0.39 is 17.8 Å². The molecule has 0 saturated carbocycles. The van der Waals surface area contributed by atoms with Gasteiger partial charge in [0.25, 0.3) is 0 Å². The Kier molecular flexibility index (Phi) is 5.03. The van der Waals surface area contributed by atoms with Gasteiger partial charge in [0.1, 0.15) is 5.92 Å². The fourth-order valence-corrected chi connectivity index (χ4v) is 0.848. The summed E-state index contributed by atoms with van der Waals surface area (Å²) in [5, 5.41) is 8.00. The highest BCUT2D eigenvalue weighted by Crippen LogP contribution is 2.09. The molecule has 0 fully saturated rings. The van der Waals surface area contributed by atoms with Crippen LogP contribution in [0.15, 0.2) is 0 Å². The Morgan fingerprint density at radius 2 is 2.17 bits per heavy atom. The van der Waals surface area contributed by atoms with Crippen LogP contribution in [0.1, 0.15) is 26.2 Å². The molecule has 1 amide bonds. The molecule has 0 aromatic rings. The van der Waals surface area contributed by atoms with Crippen molar-refractivity contribution < 1.29 is 19.7 Å². The lowest BCUT2D eigenvalue weighted by Gasteiger charge is -2.07. The number of hydrogen-bond acceptors (Lipinski definition) is 4. The summed E-state index contributed by atoms with van der Waals surface area (Å²) in [6, 6.07) is 0. The molecule has 0 aliphatic rings. The fraction of sp³-hybridized carbons (Fsp3) is 0.714. The van der Waals surface area contributed by atoms with Crippen LogP contribution in [0.25, 0.3) is 0 Å². The third kappa shape index (κ3) is 3.34. The van der Waals surface area contributed by atoms with Crippen LogP contribution in [-0.4, -0.2) is 17.1 Å². The minimum Gasteiger partial charge on any atom is -0.369 e. The number of amides is 1. The lowest BCUT2D eigenvalue weighted by molar-refractivity contribution is -0.238. The normalized spacial score (nSPS) is 12.2. The summed E-state index contributed by atoms with van der Waals surface area (Å²) >= 11 is 0. The first-order valence-corrected chi connectivity index (χ1v) is 3.78. The van der Waals surface area contributed by atoms with E-state index in [1.807, 2.05) is 6.92 Å². The van der Waals surface area contributed by atoms with Crippen molar-refractivity contribution in [3.8, 4) is 0 Å². The van der Waals surface area contributed by atoms with E-state index >= 15 is 0 Å². The Morgan fingerprint density at radius 1 is 1.58 bits per heavy atom. The van der Waals surface area contributed by atoms with Crippen molar-refractivity contribution in [2.24, 2.45) is 11.7 Å². The first kappa shape index (κ1) is 10.9. The number of unbranched alkanes of at least 4 members (excludes halogenated alkanes) is 1. The van der Waals surface area contributed by atoms with Gasteiger partial charge in [-0.3, -0.25) is 4.79 Å². The quantitative estimate of drug-likeness (QED) is 0.357. The van der Waals surface area contributed by atoms with E-state index in [1.54, 1.807) is 0 Å². The summed E-state index contributed by atoms with van der Waals surface area (Å²) in [6.45, 7) is 1.92. The molecule has 0 rings (SSSR count). The maximum Gasteiger partial charge on any atom is 0.354 e. The van der Waals surface area contributed by atoms with Crippen LogP contribution in [-0.2, 0) is 14.5 Å². The van der Waals surface area contributed by atoms with Crippen molar-refractivity contribution in [3.63, 3.8) is 0 Å². The molecule has 0 aromatic heterocycles. The van der Waals surface area contributed by atoms with Crippen molar-refractivity contribution in [1.29, 1.82) is 0 Å². The van der Waals surface area contributed by atoms with Crippen LogP contribution in [0.2, 0.25) is 0 Å². The Balaban J connectivity index is 4.04. The molecular weight excluding hydrogens is 162 g/mol. The molecule has 1 unspecified atom stereocenters. The molecule has 0 aliphatic carbocycles. The van der Waals surface area contributed by atoms with Crippen LogP contribution in [0.4, 0.5) is 0 Å². The van der Waals surface area contributed by atoms with Gasteiger partial charge in [0, 0.05) is 0 Å². The third-order valence-electron chi connectivity index (χ3n) is 1.56. The van der Waals surface area contributed by atoms with Crippen molar-refractivity contribution in [1.82, 2.24) is 0 Å². The molecule has 0 aromatic carbocycles. The van der Waals surface area contributed by atoms with Crippen molar-refractivity contribution in [3.05, 3.63) is 0 Å². The largest absolute Gasteiger partial charge is 0.369 e. The molecule has 0 saturated heterocycles. The summed E-state index contributed by atoms with van der Waals surface area (Å²) in [4.78, 5) is 24.7. The van der Waals surface area contributed by atoms with Crippen LogP contribution in [0.5, 0.6) is 0 Å². The number of nitrogens with two attached hydrogens (primary N) is 1. The minimum absolute atomic E-state index is 0.325. The van der Waals surface area contributed by atoms with Gasteiger partial charge < -0.3 is 10.6 Å². The zero-order valence-corrected chi connectivity index (χ0v) is 6.95. The summed E-state index contributed by atoms with van der Waals surface area (Å²) in [6.07, 6.45) is 1.87. The Labute approximate surface area is 70.4 Å². The molecule has 70 valence electrons. The van der Waals surface area contributed by atoms with Gasteiger partial charge >= 0.3 is 5.97 Å². The SMILES string of the molecule is CCCCC(C(N)=O)C(=O)OO. The first-order valence-electron chi connectivity index (χ1n) is 3.78. The lowest BCUT2D eigenvalue weighted by Crippen LogP contribution is -2.31. The Morgan fingerprint density at radius 3 is 2.50 bits per heavy atom. The van der Waals surface area contributed by atoms with Gasteiger partial charge in [-0.1, -0.05) is 19.8 Å². The van der Waals surface area contributed by atoms with Gasteiger partial charge in [0.15, 0.2) is 0 Å². The van der Waals surface area contributed by atoms with E-state index in [2.05, 4.69) is 4.89 Å².